The molecular formula is C21H15N3O7. The molecule has 0 spiro atoms. The van der Waals surface area contributed by atoms with Crippen LogP contribution in [0.25, 0.3) is 0 Å². The highest BCUT2D eigenvalue weighted by atomic mass is 16.6. The first-order valence-electron chi connectivity index (χ1n) is 8.80. The molecular weight excluding hydrogens is 406 g/mol. The van der Waals surface area contributed by atoms with E-state index in [9.17, 15) is 25.0 Å². The van der Waals surface area contributed by atoms with Gasteiger partial charge >= 0.3 is 11.7 Å². The van der Waals surface area contributed by atoms with Gasteiger partial charge in [0, 0.05) is 24.4 Å². The Hall–Kier alpha value is -4.60. The van der Waals surface area contributed by atoms with E-state index in [2.05, 4.69) is 4.99 Å². The number of benzene rings is 3. The van der Waals surface area contributed by atoms with E-state index in [0.717, 1.165) is 0 Å². The number of esters is 1. The zero-order valence-electron chi connectivity index (χ0n) is 16.1. The Morgan fingerprint density at radius 1 is 0.968 bits per heavy atom. The Kier molecular flexibility index (Phi) is 6.31. The van der Waals surface area contributed by atoms with Crippen LogP contribution in [0.3, 0.4) is 0 Å². The number of carbonyl (C=O) groups excluding carboxylic acids is 1. The van der Waals surface area contributed by atoms with Crippen LogP contribution < -0.4 is 9.47 Å². The highest BCUT2D eigenvalue weighted by Gasteiger charge is 2.19. The zero-order chi connectivity index (χ0) is 22.4. The number of non-ortho nitro benzene ring substituents is 1. The summed E-state index contributed by atoms with van der Waals surface area (Å²) in [6.07, 6.45) is 1.32. The van der Waals surface area contributed by atoms with Crippen LogP contribution in [-0.4, -0.2) is 29.1 Å². The van der Waals surface area contributed by atoms with Crippen molar-refractivity contribution < 1.29 is 24.1 Å². The minimum Gasteiger partial charge on any atom is -0.497 e. The van der Waals surface area contributed by atoms with Gasteiger partial charge in [-0.2, -0.15) is 0 Å². The molecule has 156 valence electrons. The molecule has 0 bridgehead atoms. The van der Waals surface area contributed by atoms with Crippen LogP contribution in [0.15, 0.2) is 71.7 Å². The highest BCUT2D eigenvalue weighted by Crippen LogP contribution is 2.29. The number of nitro benzene ring substituents is 2. The van der Waals surface area contributed by atoms with Crippen molar-refractivity contribution in [2.75, 3.05) is 7.11 Å². The maximum Gasteiger partial charge on any atom is 0.343 e. The van der Waals surface area contributed by atoms with Gasteiger partial charge in [0.2, 0.25) is 5.75 Å². The van der Waals surface area contributed by atoms with Gasteiger partial charge in [0.05, 0.1) is 28.2 Å². The lowest BCUT2D eigenvalue weighted by molar-refractivity contribution is -0.385. The SMILES string of the molecule is COc1ccc(C(=O)Oc2ccc(C=Nc3cccc([N+](=O)[O-])c3)cc2[N+](=O)[O-])cc1. The summed E-state index contributed by atoms with van der Waals surface area (Å²) in [6.45, 7) is 0. The Balaban J connectivity index is 1.82. The average Bonchev–Trinajstić information content (AvgIpc) is 2.78. The molecule has 3 aromatic rings. The van der Waals surface area contributed by atoms with Crippen LogP contribution in [0, 0.1) is 20.2 Å². The Bertz CT molecular complexity index is 1170. The van der Waals surface area contributed by atoms with Gasteiger partial charge in [-0.25, -0.2) is 4.79 Å². The number of carbonyl (C=O) groups is 1. The van der Waals surface area contributed by atoms with Crippen LogP contribution in [0.5, 0.6) is 11.5 Å². The predicted molar refractivity (Wildman–Crippen MR) is 111 cm³/mol. The molecule has 10 heteroatoms. The average molecular weight is 421 g/mol. The highest BCUT2D eigenvalue weighted by molar-refractivity contribution is 5.92. The number of ether oxygens (including phenoxy) is 2. The summed E-state index contributed by atoms with van der Waals surface area (Å²) in [4.78, 5) is 37.5. The molecule has 0 fully saturated rings. The third-order valence-corrected chi connectivity index (χ3v) is 4.11. The Labute approximate surface area is 175 Å². The van der Waals surface area contributed by atoms with Crippen molar-refractivity contribution >= 4 is 29.2 Å². The molecule has 0 aliphatic rings. The molecule has 0 radical (unpaired) electrons. The molecule has 31 heavy (non-hydrogen) atoms. The van der Waals surface area contributed by atoms with Crippen LogP contribution in [0.2, 0.25) is 0 Å². The fourth-order valence-electron chi connectivity index (χ4n) is 2.57. The lowest BCUT2D eigenvalue weighted by Crippen LogP contribution is -2.10. The quantitative estimate of drug-likeness (QED) is 0.180. The van der Waals surface area contributed by atoms with Gasteiger partial charge in [-0.05, 0) is 48.0 Å². The summed E-state index contributed by atoms with van der Waals surface area (Å²) in [5.41, 5.74) is 0.312. The molecule has 0 atom stereocenters. The third-order valence-electron chi connectivity index (χ3n) is 4.11. The van der Waals surface area contributed by atoms with Gasteiger partial charge in [-0.1, -0.05) is 6.07 Å². The van der Waals surface area contributed by atoms with E-state index in [1.807, 2.05) is 0 Å². The van der Waals surface area contributed by atoms with Crippen molar-refractivity contribution in [3.63, 3.8) is 0 Å². The number of rotatable bonds is 7. The van der Waals surface area contributed by atoms with Crippen molar-refractivity contribution in [2.24, 2.45) is 4.99 Å². The molecule has 0 amide bonds. The monoisotopic (exact) mass is 421 g/mol. The van der Waals surface area contributed by atoms with Crippen molar-refractivity contribution in [3.8, 4) is 11.5 Å². The van der Waals surface area contributed by atoms with Crippen molar-refractivity contribution in [2.45, 2.75) is 0 Å². The maximum absolute atomic E-state index is 12.3. The van der Waals surface area contributed by atoms with Gasteiger partial charge in [0.15, 0.2) is 0 Å². The second-order valence-electron chi connectivity index (χ2n) is 6.14. The summed E-state index contributed by atoms with van der Waals surface area (Å²) < 4.78 is 10.2. The fourth-order valence-corrected chi connectivity index (χ4v) is 2.57. The predicted octanol–water partition coefficient (Wildman–Crippen LogP) is 4.48. The normalized spacial score (nSPS) is 10.6. The van der Waals surface area contributed by atoms with E-state index >= 15 is 0 Å². The summed E-state index contributed by atoms with van der Waals surface area (Å²) in [6, 6.07) is 15.7. The van der Waals surface area contributed by atoms with Gasteiger partial charge in [0.1, 0.15) is 5.75 Å². The Morgan fingerprint density at radius 2 is 1.71 bits per heavy atom. The van der Waals surface area contributed by atoms with Crippen LogP contribution in [0.4, 0.5) is 17.1 Å². The number of hydrogen-bond donors (Lipinski definition) is 0. The van der Waals surface area contributed by atoms with Crippen molar-refractivity contribution in [1.29, 1.82) is 0 Å². The smallest absolute Gasteiger partial charge is 0.343 e. The van der Waals surface area contributed by atoms with E-state index in [0.29, 0.717) is 17.0 Å². The standard InChI is InChI=1S/C21H15N3O7/c1-30-18-8-6-15(7-9-18)21(25)31-20-10-5-14(11-19(20)24(28)29)13-22-16-3-2-4-17(12-16)23(26)27/h2-13H,1H3. The minimum absolute atomic E-state index is 0.124. The third kappa shape index (κ3) is 5.26. The van der Waals surface area contributed by atoms with E-state index in [1.165, 1.54) is 61.9 Å². The molecule has 0 heterocycles. The molecule has 0 unspecified atom stereocenters. The van der Waals surface area contributed by atoms with Crippen molar-refractivity contribution in [3.05, 3.63) is 98.1 Å². The van der Waals surface area contributed by atoms with E-state index in [1.54, 1.807) is 18.2 Å². The van der Waals surface area contributed by atoms with Crippen LogP contribution >= 0.6 is 0 Å². The van der Waals surface area contributed by atoms with E-state index in [-0.39, 0.29) is 17.0 Å². The molecule has 0 saturated heterocycles. The molecule has 10 nitrogen and oxygen atoms in total. The number of nitrogens with zero attached hydrogens (tertiary/aromatic N) is 3. The topological polar surface area (TPSA) is 134 Å². The largest absolute Gasteiger partial charge is 0.497 e. The first kappa shape index (κ1) is 21.1. The van der Waals surface area contributed by atoms with Crippen LogP contribution in [-0.2, 0) is 0 Å². The van der Waals surface area contributed by atoms with E-state index in [4.69, 9.17) is 9.47 Å². The fraction of sp³-hybridized carbons (Fsp3) is 0.0476. The second kappa shape index (κ2) is 9.27. The molecule has 0 N–H and O–H groups in total. The number of methoxy groups -OCH3 is 1. The van der Waals surface area contributed by atoms with Gasteiger partial charge < -0.3 is 9.47 Å². The molecule has 0 saturated carbocycles. The number of aliphatic imine (C=N–C) groups is 1. The molecule has 0 aliphatic heterocycles. The maximum atomic E-state index is 12.3. The van der Waals surface area contributed by atoms with Crippen molar-refractivity contribution in [1.82, 2.24) is 0 Å². The zero-order valence-corrected chi connectivity index (χ0v) is 16.1. The molecule has 0 aromatic heterocycles. The van der Waals surface area contributed by atoms with Gasteiger partial charge in [-0.3, -0.25) is 25.2 Å². The first-order chi connectivity index (χ1) is 14.9. The van der Waals surface area contributed by atoms with Gasteiger partial charge in [0.25, 0.3) is 5.69 Å². The summed E-state index contributed by atoms with van der Waals surface area (Å²) in [5.74, 6) is -0.433. The van der Waals surface area contributed by atoms with E-state index < -0.39 is 21.5 Å². The Morgan fingerprint density at radius 3 is 2.35 bits per heavy atom. The lowest BCUT2D eigenvalue weighted by Gasteiger charge is -2.06. The lowest BCUT2D eigenvalue weighted by atomic mass is 10.2. The van der Waals surface area contributed by atoms with Crippen LogP contribution in [0.1, 0.15) is 15.9 Å². The molecule has 3 aromatic carbocycles. The van der Waals surface area contributed by atoms with Gasteiger partial charge in [-0.15, -0.1) is 0 Å². The number of nitro groups is 2. The second-order valence-corrected chi connectivity index (χ2v) is 6.14. The summed E-state index contributed by atoms with van der Waals surface area (Å²) >= 11 is 0. The molecule has 3 rings (SSSR count). The first-order valence-corrected chi connectivity index (χ1v) is 8.80. The number of hydrogen-bond acceptors (Lipinski definition) is 8. The summed E-state index contributed by atoms with van der Waals surface area (Å²) in [5, 5.41) is 22.3. The molecule has 0 aliphatic carbocycles. The summed E-state index contributed by atoms with van der Waals surface area (Å²) in [7, 11) is 1.49. The minimum atomic E-state index is -0.760.